The molecule has 0 bridgehead atoms. The maximum Gasteiger partial charge on any atom is 0.221 e. The van der Waals surface area contributed by atoms with E-state index in [1.165, 1.54) is 37.9 Å². The summed E-state index contributed by atoms with van der Waals surface area (Å²) in [6.45, 7) is 6.83. The second kappa shape index (κ2) is 5.20. The van der Waals surface area contributed by atoms with Crippen LogP contribution in [0.4, 0.5) is 11.8 Å². The molecule has 2 aliphatic rings. The number of likely N-dealkylation sites (tertiary alicyclic amines) is 1. The van der Waals surface area contributed by atoms with E-state index in [9.17, 15) is 0 Å². The van der Waals surface area contributed by atoms with Gasteiger partial charge in [-0.15, -0.1) is 0 Å². The summed E-state index contributed by atoms with van der Waals surface area (Å²) >= 11 is 0. The fourth-order valence-electron chi connectivity index (χ4n) is 3.55. The molecule has 1 spiro atoms. The van der Waals surface area contributed by atoms with E-state index in [0.717, 1.165) is 25.3 Å². The van der Waals surface area contributed by atoms with Crippen LogP contribution in [0.3, 0.4) is 0 Å². The van der Waals surface area contributed by atoms with Crippen LogP contribution >= 0.6 is 0 Å². The van der Waals surface area contributed by atoms with Crippen molar-refractivity contribution in [2.24, 2.45) is 5.41 Å². The Balaban J connectivity index is 1.78. The Morgan fingerprint density at radius 3 is 2.65 bits per heavy atom. The van der Waals surface area contributed by atoms with Crippen molar-refractivity contribution < 1.29 is 0 Å². The smallest absolute Gasteiger partial charge is 0.221 e. The van der Waals surface area contributed by atoms with Crippen molar-refractivity contribution in [3.8, 4) is 0 Å². The minimum absolute atomic E-state index is 0.390. The molecule has 2 aliphatic heterocycles. The van der Waals surface area contributed by atoms with E-state index < -0.39 is 0 Å². The second-order valence-electron chi connectivity index (χ2n) is 6.41. The van der Waals surface area contributed by atoms with Gasteiger partial charge in [0.15, 0.2) is 0 Å². The summed E-state index contributed by atoms with van der Waals surface area (Å²) in [4.78, 5) is 13.5. The van der Waals surface area contributed by atoms with Crippen molar-refractivity contribution >= 4 is 11.8 Å². The lowest BCUT2D eigenvalue weighted by Gasteiger charge is -2.37. The van der Waals surface area contributed by atoms with Crippen LogP contribution in [-0.2, 0) is 6.42 Å². The van der Waals surface area contributed by atoms with Crippen molar-refractivity contribution in [3.05, 3.63) is 11.8 Å². The molecule has 0 atom stereocenters. The van der Waals surface area contributed by atoms with E-state index >= 15 is 0 Å². The lowest BCUT2D eigenvalue weighted by Crippen LogP contribution is -2.39. The quantitative estimate of drug-likeness (QED) is 0.887. The van der Waals surface area contributed by atoms with Crippen LogP contribution in [0.1, 0.15) is 31.7 Å². The number of aromatic nitrogens is 2. The molecule has 2 fully saturated rings. The maximum absolute atomic E-state index is 5.78. The molecule has 0 aliphatic carbocycles. The van der Waals surface area contributed by atoms with Crippen LogP contribution in [0.2, 0.25) is 0 Å². The lowest BCUT2D eigenvalue weighted by molar-refractivity contribution is 0.142. The molecule has 0 aromatic carbocycles. The van der Waals surface area contributed by atoms with Gasteiger partial charge in [0.1, 0.15) is 5.82 Å². The van der Waals surface area contributed by atoms with Crippen LogP contribution in [-0.4, -0.2) is 48.1 Å². The Hall–Kier alpha value is -1.36. The molecule has 3 heterocycles. The maximum atomic E-state index is 5.78. The molecule has 0 unspecified atom stereocenters. The first-order valence-corrected chi connectivity index (χ1v) is 7.67. The highest BCUT2D eigenvalue weighted by atomic mass is 15.2. The zero-order valence-corrected chi connectivity index (χ0v) is 12.6. The van der Waals surface area contributed by atoms with Crippen LogP contribution in [0.15, 0.2) is 6.20 Å². The third-order valence-corrected chi connectivity index (χ3v) is 5.03. The van der Waals surface area contributed by atoms with E-state index in [2.05, 4.69) is 33.7 Å². The number of nitrogen functional groups attached to an aromatic ring is 1. The van der Waals surface area contributed by atoms with Gasteiger partial charge in [0.2, 0.25) is 5.95 Å². The highest BCUT2D eigenvalue weighted by Crippen LogP contribution is 2.41. The summed E-state index contributed by atoms with van der Waals surface area (Å²) < 4.78 is 0. The Morgan fingerprint density at radius 2 is 1.95 bits per heavy atom. The lowest BCUT2D eigenvalue weighted by atomic mass is 9.78. The number of aryl methyl sites for hydroxylation is 1. The molecule has 2 N–H and O–H groups in total. The van der Waals surface area contributed by atoms with E-state index in [1.54, 1.807) is 0 Å². The molecule has 0 amide bonds. The summed E-state index contributed by atoms with van der Waals surface area (Å²) in [5.74, 6) is 1.46. The van der Waals surface area contributed by atoms with Crippen molar-refractivity contribution in [2.45, 2.75) is 32.6 Å². The van der Waals surface area contributed by atoms with Crippen molar-refractivity contribution in [3.63, 3.8) is 0 Å². The van der Waals surface area contributed by atoms with Gasteiger partial charge in [0, 0.05) is 24.8 Å². The molecule has 110 valence electrons. The molecule has 0 saturated carbocycles. The standard InChI is InChI=1S/C15H25N5/c1-3-12-10-17-14(16)18-13(12)20-9-6-15(11-20)4-7-19(2)8-5-15/h10H,3-9,11H2,1-2H3,(H2,16,17,18). The fourth-order valence-corrected chi connectivity index (χ4v) is 3.55. The minimum Gasteiger partial charge on any atom is -0.368 e. The van der Waals surface area contributed by atoms with Crippen molar-refractivity contribution in [2.75, 3.05) is 43.9 Å². The SMILES string of the molecule is CCc1cnc(N)nc1N1CCC2(CCN(C)CC2)C1. The number of nitrogens with two attached hydrogens (primary N) is 1. The summed E-state index contributed by atoms with van der Waals surface area (Å²) in [7, 11) is 2.22. The average molecular weight is 275 g/mol. The Bertz CT molecular complexity index is 479. The summed E-state index contributed by atoms with van der Waals surface area (Å²) in [5, 5.41) is 0. The van der Waals surface area contributed by atoms with Gasteiger partial charge in [-0.1, -0.05) is 6.92 Å². The number of rotatable bonds is 2. The fraction of sp³-hybridized carbons (Fsp3) is 0.733. The zero-order chi connectivity index (χ0) is 14.2. The highest BCUT2D eigenvalue weighted by molar-refractivity contribution is 5.50. The van der Waals surface area contributed by atoms with E-state index in [1.807, 2.05) is 6.20 Å². The van der Waals surface area contributed by atoms with Crippen LogP contribution in [0, 0.1) is 5.41 Å². The zero-order valence-electron chi connectivity index (χ0n) is 12.6. The molecule has 1 aromatic rings. The Morgan fingerprint density at radius 1 is 1.25 bits per heavy atom. The molecule has 2 saturated heterocycles. The van der Waals surface area contributed by atoms with Crippen molar-refractivity contribution in [1.29, 1.82) is 0 Å². The third-order valence-electron chi connectivity index (χ3n) is 5.03. The highest BCUT2D eigenvalue weighted by Gasteiger charge is 2.40. The summed E-state index contributed by atoms with van der Waals surface area (Å²) in [5.41, 5.74) is 7.49. The number of hydrogen-bond donors (Lipinski definition) is 1. The van der Waals surface area contributed by atoms with Gasteiger partial charge in [0.05, 0.1) is 0 Å². The van der Waals surface area contributed by atoms with Crippen LogP contribution in [0.25, 0.3) is 0 Å². The largest absolute Gasteiger partial charge is 0.368 e. The molecular weight excluding hydrogens is 250 g/mol. The predicted octanol–water partition coefficient (Wildman–Crippen LogP) is 1.54. The number of hydrogen-bond acceptors (Lipinski definition) is 5. The summed E-state index contributed by atoms with van der Waals surface area (Å²) in [6.07, 6.45) is 6.75. The second-order valence-corrected chi connectivity index (χ2v) is 6.41. The van der Waals surface area contributed by atoms with Gasteiger partial charge in [-0.25, -0.2) is 4.98 Å². The monoisotopic (exact) mass is 275 g/mol. The van der Waals surface area contributed by atoms with E-state index in [0.29, 0.717) is 11.4 Å². The van der Waals surface area contributed by atoms with Gasteiger partial charge in [-0.3, -0.25) is 0 Å². The predicted molar refractivity (Wildman–Crippen MR) is 81.8 cm³/mol. The van der Waals surface area contributed by atoms with Crippen molar-refractivity contribution in [1.82, 2.24) is 14.9 Å². The first-order chi connectivity index (χ1) is 9.62. The van der Waals surface area contributed by atoms with Gasteiger partial charge < -0.3 is 15.5 Å². The molecule has 0 radical (unpaired) electrons. The normalized spacial score (nSPS) is 22.6. The first kappa shape index (κ1) is 13.6. The van der Waals surface area contributed by atoms with Gasteiger partial charge >= 0.3 is 0 Å². The van der Waals surface area contributed by atoms with Gasteiger partial charge in [-0.05, 0) is 51.2 Å². The molecular formula is C15H25N5. The molecule has 1 aromatic heterocycles. The molecule has 20 heavy (non-hydrogen) atoms. The Labute approximate surface area is 121 Å². The van der Waals surface area contributed by atoms with Crippen LogP contribution in [0.5, 0.6) is 0 Å². The average Bonchev–Trinajstić information content (AvgIpc) is 2.87. The van der Waals surface area contributed by atoms with E-state index in [-0.39, 0.29) is 0 Å². The van der Waals surface area contributed by atoms with Gasteiger partial charge in [-0.2, -0.15) is 4.98 Å². The number of anilines is 2. The minimum atomic E-state index is 0.390. The van der Waals surface area contributed by atoms with Gasteiger partial charge in [0.25, 0.3) is 0 Å². The molecule has 5 nitrogen and oxygen atoms in total. The summed E-state index contributed by atoms with van der Waals surface area (Å²) in [6, 6.07) is 0. The Kier molecular flexibility index (Phi) is 3.54. The number of piperidine rings is 1. The molecule has 3 rings (SSSR count). The third kappa shape index (κ3) is 2.46. The van der Waals surface area contributed by atoms with Crippen LogP contribution < -0.4 is 10.6 Å². The number of nitrogens with zero attached hydrogens (tertiary/aromatic N) is 4. The van der Waals surface area contributed by atoms with E-state index in [4.69, 9.17) is 5.73 Å². The topological polar surface area (TPSA) is 58.3 Å². The molecule has 5 heteroatoms. The first-order valence-electron chi connectivity index (χ1n) is 7.67.